The third kappa shape index (κ3) is 4.57. The predicted octanol–water partition coefficient (Wildman–Crippen LogP) is 2.12. The number of rotatable bonds is 6. The van der Waals surface area contributed by atoms with Crippen molar-refractivity contribution < 1.29 is 4.79 Å². The second-order valence-corrected chi connectivity index (χ2v) is 4.97. The fourth-order valence-corrected chi connectivity index (χ4v) is 2.04. The number of aryl methyl sites for hydroxylation is 1. The molecule has 0 spiro atoms. The van der Waals surface area contributed by atoms with Crippen LogP contribution in [0.3, 0.4) is 0 Å². The first-order valence-corrected chi connectivity index (χ1v) is 6.96. The summed E-state index contributed by atoms with van der Waals surface area (Å²) in [5, 5.41) is 2.95. The van der Waals surface area contributed by atoms with E-state index >= 15 is 0 Å². The number of nitrogens with one attached hydrogen (secondary N) is 2. The quantitative estimate of drug-likeness (QED) is 0.560. The maximum atomic E-state index is 12.1. The van der Waals surface area contributed by atoms with Crippen molar-refractivity contribution in [2.45, 2.75) is 25.8 Å². The third-order valence-electron chi connectivity index (χ3n) is 3.25. The standard InChI is InChI=1S/C16H20N4O/c1-12(7-8-13-5-3-2-4-6-13)19-16(21)15-11-14(20-17)9-10-18-15/h2-6,9-12H,7-8,17H2,1H3,(H,18,20)(H,19,21). The van der Waals surface area contributed by atoms with Crippen LogP contribution < -0.4 is 16.6 Å². The molecule has 2 rings (SSSR count). The molecule has 21 heavy (non-hydrogen) atoms. The summed E-state index contributed by atoms with van der Waals surface area (Å²) < 4.78 is 0. The van der Waals surface area contributed by atoms with E-state index in [1.165, 1.54) is 5.56 Å². The molecule has 1 atom stereocenters. The van der Waals surface area contributed by atoms with Gasteiger partial charge in [-0.05, 0) is 37.5 Å². The third-order valence-corrected chi connectivity index (χ3v) is 3.25. The average molecular weight is 284 g/mol. The van der Waals surface area contributed by atoms with Gasteiger partial charge in [0.05, 0.1) is 5.69 Å². The molecular weight excluding hydrogens is 264 g/mol. The van der Waals surface area contributed by atoms with E-state index in [4.69, 9.17) is 5.84 Å². The smallest absolute Gasteiger partial charge is 0.270 e. The second-order valence-electron chi connectivity index (χ2n) is 4.97. The lowest BCUT2D eigenvalue weighted by molar-refractivity contribution is 0.0933. The summed E-state index contributed by atoms with van der Waals surface area (Å²) in [7, 11) is 0. The fourth-order valence-electron chi connectivity index (χ4n) is 2.04. The van der Waals surface area contributed by atoms with Crippen molar-refractivity contribution >= 4 is 11.6 Å². The lowest BCUT2D eigenvalue weighted by atomic mass is 10.1. The minimum absolute atomic E-state index is 0.0778. The molecule has 110 valence electrons. The molecule has 1 aromatic carbocycles. The Morgan fingerprint density at radius 3 is 2.76 bits per heavy atom. The maximum Gasteiger partial charge on any atom is 0.270 e. The molecule has 1 heterocycles. The zero-order valence-corrected chi connectivity index (χ0v) is 12.0. The molecule has 1 unspecified atom stereocenters. The fraction of sp³-hybridized carbons (Fsp3) is 0.250. The number of pyridine rings is 1. The minimum atomic E-state index is -0.187. The van der Waals surface area contributed by atoms with Crippen LogP contribution in [0.25, 0.3) is 0 Å². The molecule has 0 bridgehead atoms. The van der Waals surface area contributed by atoms with Crippen molar-refractivity contribution in [3.63, 3.8) is 0 Å². The van der Waals surface area contributed by atoms with Crippen LogP contribution in [-0.4, -0.2) is 16.9 Å². The molecule has 4 N–H and O–H groups in total. The van der Waals surface area contributed by atoms with E-state index < -0.39 is 0 Å². The van der Waals surface area contributed by atoms with Gasteiger partial charge in [-0.25, -0.2) is 0 Å². The highest BCUT2D eigenvalue weighted by Crippen LogP contribution is 2.08. The average Bonchev–Trinajstić information content (AvgIpc) is 2.54. The number of hydrogen-bond acceptors (Lipinski definition) is 4. The van der Waals surface area contributed by atoms with E-state index in [9.17, 15) is 4.79 Å². The topological polar surface area (TPSA) is 80.0 Å². The summed E-state index contributed by atoms with van der Waals surface area (Å²) in [6.45, 7) is 1.99. The van der Waals surface area contributed by atoms with Crippen molar-refractivity contribution in [1.82, 2.24) is 10.3 Å². The number of amides is 1. The molecule has 0 fully saturated rings. The van der Waals surface area contributed by atoms with Gasteiger partial charge in [0.2, 0.25) is 0 Å². The Kier molecular flexibility index (Phi) is 5.29. The first kappa shape index (κ1) is 15.0. The van der Waals surface area contributed by atoms with Gasteiger partial charge in [-0.3, -0.25) is 15.6 Å². The highest BCUT2D eigenvalue weighted by atomic mass is 16.1. The Morgan fingerprint density at radius 2 is 2.05 bits per heavy atom. The lowest BCUT2D eigenvalue weighted by Gasteiger charge is -2.14. The van der Waals surface area contributed by atoms with E-state index in [1.807, 2.05) is 25.1 Å². The van der Waals surface area contributed by atoms with Crippen molar-refractivity contribution in [3.8, 4) is 0 Å². The Morgan fingerprint density at radius 1 is 1.29 bits per heavy atom. The van der Waals surface area contributed by atoms with Crippen molar-refractivity contribution in [2.75, 3.05) is 5.43 Å². The molecular formula is C16H20N4O. The van der Waals surface area contributed by atoms with Gasteiger partial charge >= 0.3 is 0 Å². The molecule has 0 saturated heterocycles. The van der Waals surface area contributed by atoms with Crippen LogP contribution in [-0.2, 0) is 6.42 Å². The van der Waals surface area contributed by atoms with Crippen LogP contribution in [0.5, 0.6) is 0 Å². The lowest BCUT2D eigenvalue weighted by Crippen LogP contribution is -2.33. The number of nitrogen functional groups attached to an aromatic ring is 1. The summed E-state index contributed by atoms with van der Waals surface area (Å²) in [5.74, 6) is 5.14. The first-order chi connectivity index (χ1) is 10.2. The van der Waals surface area contributed by atoms with Gasteiger partial charge in [-0.2, -0.15) is 0 Å². The van der Waals surface area contributed by atoms with Crippen molar-refractivity contribution in [1.29, 1.82) is 0 Å². The zero-order valence-electron chi connectivity index (χ0n) is 12.0. The number of carbonyl (C=O) groups excluding carboxylic acids is 1. The van der Waals surface area contributed by atoms with E-state index in [2.05, 4.69) is 27.9 Å². The highest BCUT2D eigenvalue weighted by Gasteiger charge is 2.11. The van der Waals surface area contributed by atoms with Crippen LogP contribution in [0.1, 0.15) is 29.4 Å². The predicted molar refractivity (Wildman–Crippen MR) is 83.7 cm³/mol. The minimum Gasteiger partial charge on any atom is -0.348 e. The van der Waals surface area contributed by atoms with Gasteiger partial charge in [-0.15, -0.1) is 0 Å². The molecule has 5 heteroatoms. The van der Waals surface area contributed by atoms with Gasteiger partial charge in [-0.1, -0.05) is 30.3 Å². The molecule has 1 aromatic heterocycles. The van der Waals surface area contributed by atoms with Crippen molar-refractivity contribution in [3.05, 3.63) is 59.9 Å². The van der Waals surface area contributed by atoms with Crippen LogP contribution in [0.2, 0.25) is 0 Å². The molecule has 0 aliphatic rings. The summed E-state index contributed by atoms with van der Waals surface area (Å²) in [4.78, 5) is 16.1. The maximum absolute atomic E-state index is 12.1. The molecule has 5 nitrogen and oxygen atoms in total. The Hall–Kier alpha value is -2.40. The van der Waals surface area contributed by atoms with Crippen LogP contribution in [0, 0.1) is 0 Å². The molecule has 1 amide bonds. The van der Waals surface area contributed by atoms with Crippen molar-refractivity contribution in [2.24, 2.45) is 5.84 Å². The number of nitrogens with zero attached hydrogens (tertiary/aromatic N) is 1. The van der Waals surface area contributed by atoms with Gasteiger partial charge in [0.25, 0.3) is 5.91 Å². The molecule has 2 aromatic rings. The van der Waals surface area contributed by atoms with E-state index in [1.54, 1.807) is 18.3 Å². The largest absolute Gasteiger partial charge is 0.348 e. The Balaban J connectivity index is 1.87. The highest BCUT2D eigenvalue weighted by molar-refractivity contribution is 5.93. The second kappa shape index (κ2) is 7.40. The van der Waals surface area contributed by atoms with E-state index in [0.717, 1.165) is 12.8 Å². The zero-order chi connectivity index (χ0) is 15.1. The van der Waals surface area contributed by atoms with Gasteiger partial charge in [0, 0.05) is 12.2 Å². The number of hydrogen-bond donors (Lipinski definition) is 3. The monoisotopic (exact) mass is 284 g/mol. The first-order valence-electron chi connectivity index (χ1n) is 6.96. The number of carbonyl (C=O) groups is 1. The van der Waals surface area contributed by atoms with Crippen LogP contribution >= 0.6 is 0 Å². The number of anilines is 1. The Bertz CT molecular complexity index is 586. The van der Waals surface area contributed by atoms with Crippen LogP contribution in [0.15, 0.2) is 48.7 Å². The molecule has 0 aliphatic carbocycles. The number of hydrazine groups is 1. The number of nitrogens with two attached hydrogens (primary N) is 1. The number of aromatic nitrogens is 1. The van der Waals surface area contributed by atoms with Gasteiger partial charge in [0.1, 0.15) is 5.69 Å². The summed E-state index contributed by atoms with van der Waals surface area (Å²) in [6, 6.07) is 13.6. The van der Waals surface area contributed by atoms with Crippen LogP contribution in [0.4, 0.5) is 5.69 Å². The summed E-state index contributed by atoms with van der Waals surface area (Å²) in [6.07, 6.45) is 3.36. The summed E-state index contributed by atoms with van der Waals surface area (Å²) >= 11 is 0. The molecule has 0 radical (unpaired) electrons. The van der Waals surface area contributed by atoms with Gasteiger partial charge < -0.3 is 10.7 Å². The Labute approximate surface area is 124 Å². The summed E-state index contributed by atoms with van der Waals surface area (Å²) in [5.41, 5.74) is 4.79. The molecule has 0 saturated carbocycles. The number of benzene rings is 1. The van der Waals surface area contributed by atoms with E-state index in [0.29, 0.717) is 11.4 Å². The van der Waals surface area contributed by atoms with E-state index in [-0.39, 0.29) is 11.9 Å². The molecule has 0 aliphatic heterocycles. The normalized spacial score (nSPS) is 11.7. The van der Waals surface area contributed by atoms with Gasteiger partial charge in [0.15, 0.2) is 0 Å². The SMILES string of the molecule is CC(CCc1ccccc1)NC(=O)c1cc(NN)ccn1.